The second kappa shape index (κ2) is 8.21. The average molecular weight is 352 g/mol. The van der Waals surface area contributed by atoms with Crippen molar-refractivity contribution in [2.45, 2.75) is 71.9 Å². The molecule has 0 radical (unpaired) electrons. The molecule has 0 unspecified atom stereocenters. The van der Waals surface area contributed by atoms with Gasteiger partial charge in [-0.15, -0.1) is 0 Å². The first-order chi connectivity index (χ1) is 11.3. The summed E-state index contributed by atoms with van der Waals surface area (Å²) in [5, 5.41) is 4.50. The SMILES string of the molecule is CC[C@]1(C)C[C@@](CCN[C@H](C)c2ccc(Cl)cc2)(C(C)C)CCO1. The van der Waals surface area contributed by atoms with Gasteiger partial charge in [0, 0.05) is 17.7 Å². The normalized spacial score (nSPS) is 29.0. The molecule has 0 amide bonds. The largest absolute Gasteiger partial charge is 0.375 e. The van der Waals surface area contributed by atoms with E-state index in [1.807, 2.05) is 12.1 Å². The van der Waals surface area contributed by atoms with Crippen molar-refractivity contribution in [3.8, 4) is 0 Å². The minimum atomic E-state index is 0.0459. The molecular formula is C21H34ClNO. The fraction of sp³-hybridized carbons (Fsp3) is 0.714. The van der Waals surface area contributed by atoms with Gasteiger partial charge in [0.1, 0.15) is 0 Å². The van der Waals surface area contributed by atoms with E-state index in [0.717, 1.165) is 24.6 Å². The molecule has 1 aliphatic rings. The Morgan fingerprint density at radius 2 is 1.88 bits per heavy atom. The second-order valence-electron chi connectivity index (χ2n) is 8.07. The molecule has 0 aliphatic carbocycles. The molecule has 24 heavy (non-hydrogen) atoms. The summed E-state index contributed by atoms with van der Waals surface area (Å²) >= 11 is 5.98. The summed E-state index contributed by atoms with van der Waals surface area (Å²) in [4.78, 5) is 0. The third-order valence-corrected chi connectivity index (χ3v) is 6.44. The van der Waals surface area contributed by atoms with Gasteiger partial charge in [-0.25, -0.2) is 0 Å². The molecule has 1 N–H and O–H groups in total. The highest BCUT2D eigenvalue weighted by molar-refractivity contribution is 6.30. The van der Waals surface area contributed by atoms with Crippen molar-refractivity contribution >= 4 is 11.6 Å². The molecule has 0 saturated carbocycles. The lowest BCUT2D eigenvalue weighted by molar-refractivity contribution is -0.132. The average Bonchev–Trinajstić information content (AvgIpc) is 2.55. The second-order valence-corrected chi connectivity index (χ2v) is 8.51. The molecule has 0 spiro atoms. The van der Waals surface area contributed by atoms with E-state index < -0.39 is 0 Å². The maximum Gasteiger partial charge on any atom is 0.0657 e. The molecular weight excluding hydrogens is 318 g/mol. The molecule has 2 nitrogen and oxygen atoms in total. The van der Waals surface area contributed by atoms with Crippen molar-refractivity contribution in [2.75, 3.05) is 13.2 Å². The van der Waals surface area contributed by atoms with Gasteiger partial charge < -0.3 is 10.1 Å². The van der Waals surface area contributed by atoms with Gasteiger partial charge in [-0.2, -0.15) is 0 Å². The Labute approximate surface area is 153 Å². The lowest BCUT2D eigenvalue weighted by Crippen LogP contribution is -2.46. The first kappa shape index (κ1) is 19.8. The molecule has 1 aromatic carbocycles. The van der Waals surface area contributed by atoms with Crippen LogP contribution in [-0.2, 0) is 4.74 Å². The summed E-state index contributed by atoms with van der Waals surface area (Å²) in [5.74, 6) is 0.680. The molecule has 0 aromatic heterocycles. The van der Waals surface area contributed by atoms with Gasteiger partial charge in [0.05, 0.1) is 5.60 Å². The van der Waals surface area contributed by atoms with Crippen molar-refractivity contribution in [2.24, 2.45) is 11.3 Å². The number of ether oxygens (including phenoxy) is 1. The Kier molecular flexibility index (Phi) is 6.75. The highest BCUT2D eigenvalue weighted by Crippen LogP contribution is 2.47. The lowest BCUT2D eigenvalue weighted by Gasteiger charge is -2.49. The van der Waals surface area contributed by atoms with Gasteiger partial charge in [-0.1, -0.05) is 44.5 Å². The summed E-state index contributed by atoms with van der Waals surface area (Å²) in [6, 6.07) is 8.51. The van der Waals surface area contributed by atoms with Crippen LogP contribution in [0.4, 0.5) is 0 Å². The number of nitrogens with one attached hydrogen (secondary N) is 1. The molecule has 136 valence electrons. The molecule has 1 aromatic rings. The van der Waals surface area contributed by atoms with Crippen molar-refractivity contribution in [3.05, 3.63) is 34.9 Å². The van der Waals surface area contributed by atoms with E-state index in [1.165, 1.54) is 24.8 Å². The Hall–Kier alpha value is -0.570. The van der Waals surface area contributed by atoms with Crippen LogP contribution in [0.15, 0.2) is 24.3 Å². The van der Waals surface area contributed by atoms with Crippen molar-refractivity contribution < 1.29 is 4.74 Å². The molecule has 0 bridgehead atoms. The van der Waals surface area contributed by atoms with Crippen LogP contribution in [0, 0.1) is 11.3 Å². The van der Waals surface area contributed by atoms with Crippen LogP contribution in [0.25, 0.3) is 0 Å². The number of hydrogen-bond donors (Lipinski definition) is 1. The highest BCUT2D eigenvalue weighted by Gasteiger charge is 2.43. The van der Waals surface area contributed by atoms with Crippen LogP contribution in [0.2, 0.25) is 5.02 Å². The molecule has 1 heterocycles. The lowest BCUT2D eigenvalue weighted by atomic mass is 9.64. The van der Waals surface area contributed by atoms with E-state index in [2.05, 4.69) is 52.1 Å². The first-order valence-corrected chi connectivity index (χ1v) is 9.81. The number of rotatable bonds is 7. The zero-order chi connectivity index (χ0) is 17.8. The third-order valence-electron chi connectivity index (χ3n) is 6.19. The van der Waals surface area contributed by atoms with Crippen molar-refractivity contribution in [1.82, 2.24) is 5.32 Å². The van der Waals surface area contributed by atoms with Crippen LogP contribution in [0.3, 0.4) is 0 Å². The standard InChI is InChI=1S/C21H34ClNO/c1-6-20(5)15-21(16(2)3,12-14-24-20)11-13-23-17(4)18-7-9-19(22)10-8-18/h7-10,16-17,23H,6,11-15H2,1-5H3/t17-,20-,21+/m1/s1. The summed E-state index contributed by atoms with van der Waals surface area (Å²) < 4.78 is 6.10. The Morgan fingerprint density at radius 3 is 2.46 bits per heavy atom. The van der Waals surface area contributed by atoms with Gasteiger partial charge in [0.25, 0.3) is 0 Å². The first-order valence-electron chi connectivity index (χ1n) is 9.43. The fourth-order valence-corrected chi connectivity index (χ4v) is 4.14. The minimum Gasteiger partial charge on any atom is -0.375 e. The minimum absolute atomic E-state index is 0.0459. The van der Waals surface area contributed by atoms with E-state index in [-0.39, 0.29) is 5.60 Å². The third kappa shape index (κ3) is 4.74. The Balaban J connectivity index is 1.95. The summed E-state index contributed by atoms with van der Waals surface area (Å²) in [6.07, 6.45) is 4.65. The topological polar surface area (TPSA) is 21.3 Å². The van der Waals surface area contributed by atoms with Gasteiger partial charge in [0.2, 0.25) is 0 Å². The van der Waals surface area contributed by atoms with Crippen molar-refractivity contribution in [3.63, 3.8) is 0 Å². The van der Waals surface area contributed by atoms with Crippen LogP contribution < -0.4 is 5.32 Å². The quantitative estimate of drug-likeness (QED) is 0.650. The number of benzene rings is 1. The molecule has 1 saturated heterocycles. The number of hydrogen-bond acceptors (Lipinski definition) is 2. The van der Waals surface area contributed by atoms with E-state index in [1.54, 1.807) is 0 Å². The van der Waals surface area contributed by atoms with E-state index in [9.17, 15) is 0 Å². The van der Waals surface area contributed by atoms with Crippen LogP contribution in [0.1, 0.15) is 71.9 Å². The fourth-order valence-electron chi connectivity index (χ4n) is 4.01. The highest BCUT2D eigenvalue weighted by atomic mass is 35.5. The molecule has 2 rings (SSSR count). The Bertz CT molecular complexity index is 515. The summed E-state index contributed by atoms with van der Waals surface area (Å²) in [5.41, 5.74) is 1.73. The maximum atomic E-state index is 6.10. The zero-order valence-corrected chi connectivity index (χ0v) is 16.7. The van der Waals surface area contributed by atoms with Crippen LogP contribution in [-0.4, -0.2) is 18.8 Å². The predicted octanol–water partition coefficient (Wildman–Crippen LogP) is 6.00. The predicted molar refractivity (Wildman–Crippen MR) is 104 cm³/mol. The maximum absolute atomic E-state index is 6.10. The van der Waals surface area contributed by atoms with Gasteiger partial charge in [-0.05, 0) is 75.1 Å². The van der Waals surface area contributed by atoms with Crippen molar-refractivity contribution in [1.29, 1.82) is 0 Å². The molecule has 1 aliphatic heterocycles. The van der Waals surface area contributed by atoms with E-state index in [4.69, 9.17) is 16.3 Å². The van der Waals surface area contributed by atoms with Crippen LogP contribution in [0.5, 0.6) is 0 Å². The van der Waals surface area contributed by atoms with Gasteiger partial charge in [-0.3, -0.25) is 0 Å². The van der Waals surface area contributed by atoms with Crippen LogP contribution >= 0.6 is 11.6 Å². The molecule has 3 heteroatoms. The van der Waals surface area contributed by atoms with Gasteiger partial charge in [0.15, 0.2) is 0 Å². The van der Waals surface area contributed by atoms with E-state index >= 15 is 0 Å². The monoisotopic (exact) mass is 351 g/mol. The zero-order valence-electron chi connectivity index (χ0n) is 16.0. The van der Waals surface area contributed by atoms with Gasteiger partial charge >= 0.3 is 0 Å². The molecule has 3 atom stereocenters. The summed E-state index contributed by atoms with van der Waals surface area (Å²) in [7, 11) is 0. The van der Waals surface area contributed by atoms with E-state index in [0.29, 0.717) is 17.4 Å². The number of halogens is 1. The Morgan fingerprint density at radius 1 is 1.21 bits per heavy atom. The smallest absolute Gasteiger partial charge is 0.0657 e. The molecule has 1 fully saturated rings. The summed E-state index contributed by atoms with van der Waals surface area (Å²) in [6.45, 7) is 13.5.